The zero-order valence-corrected chi connectivity index (χ0v) is 25.0. The molecule has 4 atom stereocenters. The van der Waals surface area contributed by atoms with E-state index in [9.17, 15) is 24.3 Å². The Hall–Kier alpha value is -4.50. The summed E-state index contributed by atoms with van der Waals surface area (Å²) in [6.45, 7) is 1.08. The summed E-state index contributed by atoms with van der Waals surface area (Å²) in [5.41, 5.74) is 1.55. The van der Waals surface area contributed by atoms with Crippen molar-refractivity contribution in [2.45, 2.75) is 57.5 Å². The van der Waals surface area contributed by atoms with Gasteiger partial charge in [0.05, 0.1) is 18.4 Å². The number of carbonyl (C=O) groups excluding carboxylic acids is 4. The third-order valence-electron chi connectivity index (χ3n) is 7.69. The topological polar surface area (TPSA) is 134 Å². The highest BCUT2D eigenvalue weighted by Gasteiger charge is 2.30. The molecule has 3 aromatic carbocycles. The Kier molecular flexibility index (Phi) is 12.1. The van der Waals surface area contributed by atoms with Crippen LogP contribution in [0.25, 0.3) is 10.8 Å². The van der Waals surface area contributed by atoms with Crippen LogP contribution in [0.4, 0.5) is 5.69 Å². The third kappa shape index (κ3) is 9.77. The molecule has 0 spiro atoms. The molecule has 0 bridgehead atoms. The molecule has 4 N–H and O–H groups in total. The van der Waals surface area contributed by atoms with Crippen molar-refractivity contribution in [1.29, 1.82) is 0 Å². The van der Waals surface area contributed by atoms with E-state index in [4.69, 9.17) is 4.74 Å². The van der Waals surface area contributed by atoms with Crippen LogP contribution >= 0.6 is 0 Å². The van der Waals surface area contributed by atoms with E-state index in [1.807, 2.05) is 78.9 Å². The van der Waals surface area contributed by atoms with Gasteiger partial charge in [-0.15, -0.1) is 0 Å². The van der Waals surface area contributed by atoms with Gasteiger partial charge in [0.1, 0.15) is 12.6 Å². The van der Waals surface area contributed by atoms with E-state index in [0.717, 1.165) is 22.8 Å². The highest BCUT2D eigenvalue weighted by molar-refractivity contribution is 5.99. The average Bonchev–Trinajstić information content (AvgIpc) is 3.03. The SMILES string of the molecule is C[C@H](CO)NC(=O)C[C@H]1CC=CCCC[C@H](Cc2ccccc2)C(=O)OC[C@@H](C(=O)Nc2ccc3ccccc3c2)NC1=O. The van der Waals surface area contributed by atoms with Gasteiger partial charge in [0.15, 0.2) is 0 Å². The number of allylic oxidation sites excluding steroid dienone is 2. The van der Waals surface area contributed by atoms with Crippen molar-refractivity contribution in [2.75, 3.05) is 18.5 Å². The number of anilines is 1. The average molecular weight is 600 g/mol. The minimum absolute atomic E-state index is 0.127. The van der Waals surface area contributed by atoms with E-state index in [1.54, 1.807) is 13.0 Å². The summed E-state index contributed by atoms with van der Waals surface area (Å²) < 4.78 is 5.71. The van der Waals surface area contributed by atoms with Crippen LogP contribution in [0.1, 0.15) is 44.6 Å². The van der Waals surface area contributed by atoms with Crippen LogP contribution in [-0.2, 0) is 30.3 Å². The van der Waals surface area contributed by atoms with E-state index < -0.39 is 41.7 Å². The van der Waals surface area contributed by atoms with E-state index in [-0.39, 0.29) is 25.5 Å². The van der Waals surface area contributed by atoms with Crippen LogP contribution in [-0.4, -0.2) is 54.1 Å². The molecule has 1 heterocycles. The molecule has 3 aromatic rings. The minimum Gasteiger partial charge on any atom is -0.463 e. The summed E-state index contributed by atoms with van der Waals surface area (Å²) in [7, 11) is 0. The fourth-order valence-electron chi connectivity index (χ4n) is 5.20. The quantitative estimate of drug-likeness (QED) is 0.225. The number of nitrogens with one attached hydrogen (secondary N) is 3. The molecule has 4 rings (SSSR count). The molecule has 1 aliphatic heterocycles. The van der Waals surface area contributed by atoms with Crippen molar-refractivity contribution in [3.8, 4) is 0 Å². The first-order valence-corrected chi connectivity index (χ1v) is 15.2. The summed E-state index contributed by atoms with van der Waals surface area (Å²) in [5, 5.41) is 19.5. The fourth-order valence-corrected chi connectivity index (χ4v) is 5.20. The first-order chi connectivity index (χ1) is 21.3. The molecule has 0 saturated heterocycles. The molecule has 0 saturated carbocycles. The van der Waals surface area contributed by atoms with Gasteiger partial charge in [-0.2, -0.15) is 0 Å². The number of carbonyl (C=O) groups is 4. The Morgan fingerprint density at radius 1 is 0.977 bits per heavy atom. The van der Waals surface area contributed by atoms with Gasteiger partial charge in [-0.25, -0.2) is 0 Å². The van der Waals surface area contributed by atoms with Crippen molar-refractivity contribution in [3.05, 3.63) is 90.5 Å². The number of fused-ring (bicyclic) bond motifs is 1. The van der Waals surface area contributed by atoms with Gasteiger partial charge in [0.2, 0.25) is 11.8 Å². The maximum atomic E-state index is 13.5. The van der Waals surface area contributed by atoms with E-state index in [1.165, 1.54) is 0 Å². The predicted molar refractivity (Wildman–Crippen MR) is 170 cm³/mol. The largest absolute Gasteiger partial charge is 0.463 e. The third-order valence-corrected chi connectivity index (χ3v) is 7.69. The number of esters is 1. The van der Waals surface area contributed by atoms with Gasteiger partial charge >= 0.3 is 5.97 Å². The van der Waals surface area contributed by atoms with Gasteiger partial charge in [-0.1, -0.05) is 72.8 Å². The number of cyclic esters (lactones) is 1. The molecule has 44 heavy (non-hydrogen) atoms. The van der Waals surface area contributed by atoms with Gasteiger partial charge in [0, 0.05) is 18.2 Å². The van der Waals surface area contributed by atoms with Crippen LogP contribution in [0.15, 0.2) is 84.9 Å². The van der Waals surface area contributed by atoms with Gasteiger partial charge in [0.25, 0.3) is 5.91 Å². The molecule has 9 heteroatoms. The van der Waals surface area contributed by atoms with Crippen molar-refractivity contribution < 1.29 is 29.0 Å². The van der Waals surface area contributed by atoms with Crippen molar-refractivity contribution >= 4 is 40.2 Å². The van der Waals surface area contributed by atoms with E-state index in [0.29, 0.717) is 31.4 Å². The number of amides is 3. The fraction of sp³-hybridized carbons (Fsp3) is 0.371. The number of aliphatic hydroxyl groups is 1. The standard InChI is InChI=1S/C35H41N3O6/c1-24(22-39)36-32(40)21-28-15-7-2-3-8-16-29(19-25-11-5-4-6-12-25)35(43)44-23-31(38-33(28)41)34(42)37-30-18-17-26-13-9-10-14-27(26)20-30/h2,4-7,9-14,17-18,20,24,28-29,31,39H,3,8,15-16,19,21-23H2,1H3,(H,36,40)(H,37,42)(H,38,41)/t24-,28-,29-,31+/m1/s1. The molecular weight excluding hydrogens is 558 g/mol. The molecule has 0 unspecified atom stereocenters. The first-order valence-electron chi connectivity index (χ1n) is 15.2. The minimum atomic E-state index is -1.19. The second-order valence-corrected chi connectivity index (χ2v) is 11.3. The molecule has 232 valence electrons. The summed E-state index contributed by atoms with van der Waals surface area (Å²) >= 11 is 0. The Balaban J connectivity index is 1.55. The van der Waals surface area contributed by atoms with Crippen molar-refractivity contribution in [3.63, 3.8) is 0 Å². The van der Waals surface area contributed by atoms with Gasteiger partial charge in [-0.3, -0.25) is 19.2 Å². The summed E-state index contributed by atoms with van der Waals surface area (Å²) in [6, 6.07) is 21.3. The molecule has 0 fully saturated rings. The van der Waals surface area contributed by atoms with Crippen LogP contribution in [0.2, 0.25) is 0 Å². The molecule has 0 radical (unpaired) electrons. The van der Waals surface area contributed by atoms with E-state index >= 15 is 0 Å². The zero-order valence-electron chi connectivity index (χ0n) is 25.0. The number of aliphatic hydroxyl groups excluding tert-OH is 1. The van der Waals surface area contributed by atoms with Crippen LogP contribution in [0, 0.1) is 11.8 Å². The summed E-state index contributed by atoms with van der Waals surface area (Å²) in [4.78, 5) is 53.0. The number of benzene rings is 3. The second-order valence-electron chi connectivity index (χ2n) is 11.3. The summed E-state index contributed by atoms with van der Waals surface area (Å²) in [5.74, 6) is -3.03. The number of rotatable bonds is 8. The highest BCUT2D eigenvalue weighted by atomic mass is 16.5. The molecule has 1 aliphatic rings. The second kappa shape index (κ2) is 16.4. The van der Waals surface area contributed by atoms with E-state index in [2.05, 4.69) is 16.0 Å². The molecule has 0 aromatic heterocycles. The monoisotopic (exact) mass is 599 g/mol. The smallest absolute Gasteiger partial charge is 0.309 e. The van der Waals surface area contributed by atoms with Crippen molar-refractivity contribution in [1.82, 2.24) is 10.6 Å². The Morgan fingerprint density at radius 3 is 2.50 bits per heavy atom. The lowest BCUT2D eigenvalue weighted by molar-refractivity contribution is -0.151. The lowest BCUT2D eigenvalue weighted by Gasteiger charge is -2.24. The predicted octanol–water partition coefficient (Wildman–Crippen LogP) is 4.30. The lowest BCUT2D eigenvalue weighted by Crippen LogP contribution is -2.50. The highest BCUT2D eigenvalue weighted by Crippen LogP contribution is 2.21. The molecule has 3 amide bonds. The van der Waals surface area contributed by atoms with Gasteiger partial charge in [-0.05, 0) is 67.5 Å². The van der Waals surface area contributed by atoms with Crippen LogP contribution < -0.4 is 16.0 Å². The number of hydrogen-bond acceptors (Lipinski definition) is 6. The lowest BCUT2D eigenvalue weighted by atomic mass is 9.93. The first kappa shape index (κ1) is 32.4. The molecular formula is C35H41N3O6. The van der Waals surface area contributed by atoms with Gasteiger partial charge < -0.3 is 25.8 Å². The number of hydrogen-bond donors (Lipinski definition) is 4. The normalized spacial score (nSPS) is 20.5. The van der Waals surface area contributed by atoms with Crippen molar-refractivity contribution in [2.24, 2.45) is 11.8 Å². The van der Waals surface area contributed by atoms with Crippen LogP contribution in [0.5, 0.6) is 0 Å². The molecule has 0 aliphatic carbocycles. The maximum Gasteiger partial charge on any atom is 0.309 e. The summed E-state index contributed by atoms with van der Waals surface area (Å²) in [6.07, 6.45) is 6.54. The zero-order chi connectivity index (χ0) is 31.3. The molecule has 9 nitrogen and oxygen atoms in total. The Bertz CT molecular complexity index is 1460. The number of ether oxygens (including phenoxy) is 1. The Labute approximate surface area is 258 Å². The Morgan fingerprint density at radius 2 is 1.73 bits per heavy atom. The van der Waals surface area contributed by atoms with Crippen LogP contribution in [0.3, 0.4) is 0 Å². The maximum absolute atomic E-state index is 13.5.